The molecule has 0 radical (unpaired) electrons. The first-order chi connectivity index (χ1) is 20.9. The second-order valence-electron chi connectivity index (χ2n) is 9.40. The van der Waals surface area contributed by atoms with Gasteiger partial charge in [0, 0.05) is 32.5 Å². The van der Waals surface area contributed by atoms with Crippen LogP contribution in [0.15, 0.2) is 36.4 Å². The summed E-state index contributed by atoms with van der Waals surface area (Å²) in [6, 6.07) is 6.40. The molecule has 1 unspecified atom stereocenters. The van der Waals surface area contributed by atoms with Gasteiger partial charge in [-0.3, -0.25) is 4.79 Å². The van der Waals surface area contributed by atoms with Crippen molar-refractivity contribution in [2.45, 2.75) is 76.1 Å². The van der Waals surface area contributed by atoms with E-state index in [1.165, 1.54) is 23.6 Å². The lowest BCUT2D eigenvalue weighted by Gasteiger charge is -2.26. The van der Waals surface area contributed by atoms with E-state index in [1.807, 2.05) is 0 Å². The van der Waals surface area contributed by atoms with Crippen LogP contribution in [0, 0.1) is 5.82 Å². The third kappa shape index (κ3) is 4.48. The highest BCUT2D eigenvalue weighted by Gasteiger charge is 2.52. The molecule has 5 rings (SSSR count). The number of nitrogens with zero attached hydrogens (tertiary/aromatic N) is 1. The van der Waals surface area contributed by atoms with Gasteiger partial charge in [-0.2, -0.15) is 0 Å². The maximum atomic E-state index is 15.7. The molecule has 2 heterocycles. The van der Waals surface area contributed by atoms with Gasteiger partial charge in [0.15, 0.2) is 11.5 Å². The SMILES string of the molecule is [2H]C([2H])(O)[C@H](O)Cn1c(C(C)(CC)C([2H])([2H])[2H])cc2cc(CC(=O)C3(c4ccc5c(c4)OC(F)(F)O5)C([2H])([2H])C3([2H])[2H])c(F)cc21. The molecule has 2 atom stereocenters. The number of aromatic nitrogens is 1. The van der Waals surface area contributed by atoms with Crippen LogP contribution in [0.4, 0.5) is 13.2 Å². The Bertz CT molecular complexity index is 1720. The topological polar surface area (TPSA) is 80.9 Å². The van der Waals surface area contributed by atoms with E-state index in [9.17, 15) is 23.8 Å². The van der Waals surface area contributed by atoms with Crippen LogP contribution in [0.1, 0.15) is 69.0 Å². The van der Waals surface area contributed by atoms with Gasteiger partial charge in [0.25, 0.3) is 0 Å². The number of alkyl halides is 2. The summed E-state index contributed by atoms with van der Waals surface area (Å²) in [5.74, 6) is -3.11. The molecule has 2 aliphatic rings. The van der Waals surface area contributed by atoms with Gasteiger partial charge in [0.1, 0.15) is 11.6 Å². The predicted octanol–water partition coefficient (Wildman–Crippen LogP) is 4.99. The van der Waals surface area contributed by atoms with Gasteiger partial charge in [-0.05, 0) is 60.6 Å². The maximum absolute atomic E-state index is 15.7. The number of ketones is 1. The number of benzene rings is 2. The minimum atomic E-state index is -4.03. The average Bonchev–Trinajstić information content (AvgIpc) is 3.20. The molecule has 0 bridgehead atoms. The number of rotatable bonds is 9. The van der Waals surface area contributed by atoms with Crippen LogP contribution >= 0.6 is 0 Å². The first-order valence-electron chi connectivity index (χ1n) is 16.0. The van der Waals surface area contributed by atoms with Crippen LogP contribution in [0.5, 0.6) is 11.5 Å². The minimum Gasteiger partial charge on any atom is -0.395 e. The second kappa shape index (κ2) is 8.77. The van der Waals surface area contributed by atoms with Crippen molar-refractivity contribution in [3.63, 3.8) is 0 Å². The van der Waals surface area contributed by atoms with E-state index in [-0.39, 0.29) is 34.1 Å². The van der Waals surface area contributed by atoms with Crippen LogP contribution in [0.25, 0.3) is 10.9 Å². The standard InChI is InChI=1S/C28H30F3NO5/c1-4-26(2,3)24-10-17-9-16(20(29)13-21(17)32(24)14-19(34)15-33)11-25(35)27(7-8-27)18-5-6-22-23(12-18)37-28(30,31)36-22/h5-6,9-10,12-13,19,33-34H,4,7-8,11,14-15H2,1-3H3/t19-/m1/s1/i2D3,7D2,8D2,15D2/t19-,26?. The quantitative estimate of drug-likeness (QED) is 0.411. The van der Waals surface area contributed by atoms with Gasteiger partial charge in [-0.1, -0.05) is 26.8 Å². The molecular formula is C28H30F3NO5. The summed E-state index contributed by atoms with van der Waals surface area (Å²) in [6.45, 7) is -3.39. The molecule has 0 amide bonds. The molecule has 6 nitrogen and oxygen atoms in total. The molecule has 1 aliphatic carbocycles. The fourth-order valence-corrected chi connectivity index (χ4v) is 4.51. The van der Waals surface area contributed by atoms with Crippen LogP contribution in [-0.2, 0) is 28.6 Å². The minimum absolute atomic E-state index is 0.000539. The number of Topliss-reactive ketones (excluding diaryl/α,β-unsaturated/α-hetero) is 1. The number of carbonyl (C=O) groups is 1. The fourth-order valence-electron chi connectivity index (χ4n) is 4.51. The average molecular weight is 527 g/mol. The summed E-state index contributed by atoms with van der Waals surface area (Å²) in [5.41, 5.74) is -4.74. The maximum Gasteiger partial charge on any atom is 0.586 e. The number of aliphatic hydroxyl groups excluding tert-OH is 1. The lowest BCUT2D eigenvalue weighted by atomic mass is 9.86. The molecule has 1 fully saturated rings. The largest absolute Gasteiger partial charge is 0.586 e. The van der Waals surface area contributed by atoms with Crippen molar-refractivity contribution >= 4 is 16.7 Å². The van der Waals surface area contributed by atoms with Crippen molar-refractivity contribution in [2.24, 2.45) is 0 Å². The van der Waals surface area contributed by atoms with E-state index in [0.29, 0.717) is 0 Å². The van der Waals surface area contributed by atoms with Gasteiger partial charge in [0.2, 0.25) is 0 Å². The fraction of sp³-hybridized carbons (Fsp3) is 0.464. The smallest absolute Gasteiger partial charge is 0.395 e. The zero-order chi connectivity index (χ0) is 34.6. The molecule has 1 saturated carbocycles. The molecule has 3 aromatic rings. The Morgan fingerprint density at radius 2 is 2.00 bits per heavy atom. The number of aliphatic hydroxyl groups is 2. The van der Waals surface area contributed by atoms with Gasteiger partial charge < -0.3 is 24.3 Å². The second-order valence-corrected chi connectivity index (χ2v) is 9.40. The zero-order valence-electron chi connectivity index (χ0n) is 28.9. The highest BCUT2D eigenvalue weighted by molar-refractivity contribution is 5.95. The van der Waals surface area contributed by atoms with E-state index in [0.717, 1.165) is 24.3 Å². The number of hydrogen-bond donors (Lipinski definition) is 2. The van der Waals surface area contributed by atoms with Crippen molar-refractivity contribution in [1.29, 1.82) is 0 Å². The molecular weight excluding hydrogens is 487 g/mol. The number of fused-ring (bicyclic) bond motifs is 2. The summed E-state index contributed by atoms with van der Waals surface area (Å²) < 4.78 is 126. The van der Waals surface area contributed by atoms with E-state index >= 15 is 4.39 Å². The first-order valence-corrected chi connectivity index (χ1v) is 11.5. The molecule has 1 aromatic heterocycles. The van der Waals surface area contributed by atoms with E-state index in [4.69, 9.17) is 12.3 Å². The highest BCUT2D eigenvalue weighted by Crippen LogP contribution is 2.52. The third-order valence-corrected chi connectivity index (χ3v) is 6.83. The van der Waals surface area contributed by atoms with Crippen molar-refractivity contribution in [3.05, 3.63) is 59.0 Å². The van der Waals surface area contributed by atoms with Gasteiger partial charge in [-0.25, -0.2) is 4.39 Å². The Labute approximate surface area is 225 Å². The van der Waals surface area contributed by atoms with Crippen molar-refractivity contribution in [2.75, 3.05) is 6.56 Å². The van der Waals surface area contributed by atoms with Crippen LogP contribution < -0.4 is 9.47 Å². The van der Waals surface area contributed by atoms with E-state index in [2.05, 4.69) is 9.47 Å². The number of hydrogen-bond acceptors (Lipinski definition) is 5. The summed E-state index contributed by atoms with van der Waals surface area (Å²) in [5, 5.41) is 20.3. The molecule has 37 heavy (non-hydrogen) atoms. The summed E-state index contributed by atoms with van der Waals surface area (Å²) >= 11 is 0. The molecule has 1 aliphatic heterocycles. The lowest BCUT2D eigenvalue weighted by Crippen LogP contribution is -2.26. The number of carbonyl (C=O) groups excluding carboxylic acids is 1. The van der Waals surface area contributed by atoms with E-state index < -0.39 is 85.5 Å². The normalized spacial score (nSPS) is 26.6. The molecule has 198 valence electrons. The molecule has 0 saturated heterocycles. The monoisotopic (exact) mass is 526 g/mol. The van der Waals surface area contributed by atoms with Crippen LogP contribution in [0.2, 0.25) is 0 Å². The van der Waals surface area contributed by atoms with Crippen LogP contribution in [-0.4, -0.2) is 39.5 Å². The molecule has 0 spiro atoms. The van der Waals surface area contributed by atoms with Gasteiger partial charge in [0.05, 0.1) is 32.9 Å². The van der Waals surface area contributed by atoms with Crippen LogP contribution in [0.3, 0.4) is 0 Å². The van der Waals surface area contributed by atoms with Gasteiger partial charge in [-0.15, -0.1) is 8.78 Å². The Morgan fingerprint density at radius 1 is 1.27 bits per heavy atom. The highest BCUT2D eigenvalue weighted by atomic mass is 19.3. The molecule has 2 N–H and O–H groups in total. The Balaban J connectivity index is 1.61. The zero-order valence-corrected chi connectivity index (χ0v) is 19.9. The Kier molecular flexibility index (Phi) is 3.97. The summed E-state index contributed by atoms with van der Waals surface area (Å²) in [7, 11) is 0. The predicted molar refractivity (Wildman–Crippen MR) is 131 cm³/mol. The van der Waals surface area contributed by atoms with E-state index in [1.54, 1.807) is 6.92 Å². The van der Waals surface area contributed by atoms with Crippen molar-refractivity contribution in [1.82, 2.24) is 4.57 Å². The Hall–Kier alpha value is -3.04. The Morgan fingerprint density at radius 3 is 2.65 bits per heavy atom. The molecule has 9 heteroatoms. The molecule has 2 aromatic carbocycles. The lowest BCUT2D eigenvalue weighted by molar-refractivity contribution is -0.286. The van der Waals surface area contributed by atoms with Crippen molar-refractivity contribution < 1.29 is 50.0 Å². The number of halogens is 3. The third-order valence-electron chi connectivity index (χ3n) is 6.83. The van der Waals surface area contributed by atoms with Crippen molar-refractivity contribution in [3.8, 4) is 11.5 Å². The first kappa shape index (κ1) is 16.7. The summed E-state index contributed by atoms with van der Waals surface area (Å²) in [6.07, 6.45) is -12.6. The summed E-state index contributed by atoms with van der Waals surface area (Å²) in [4.78, 5) is 13.9. The van der Waals surface area contributed by atoms with Gasteiger partial charge >= 0.3 is 6.29 Å². The number of ether oxygens (including phenoxy) is 2.